The van der Waals surface area contributed by atoms with Crippen molar-refractivity contribution in [3.05, 3.63) is 42.5 Å². The lowest BCUT2D eigenvalue weighted by Crippen LogP contribution is -2.41. The van der Waals surface area contributed by atoms with E-state index in [1.807, 2.05) is 30.3 Å². The van der Waals surface area contributed by atoms with Crippen LogP contribution in [0.25, 0.3) is 0 Å². The van der Waals surface area contributed by atoms with E-state index in [4.69, 9.17) is 5.11 Å². The first-order valence-corrected chi connectivity index (χ1v) is 8.52. The first kappa shape index (κ1) is 16.6. The number of thioether (sulfide) groups is 1. The molecular weight excluding hydrogens is 298 g/mol. The molecule has 4 nitrogen and oxygen atoms in total. The highest BCUT2D eigenvalue weighted by atomic mass is 32.2. The highest BCUT2D eigenvalue weighted by molar-refractivity contribution is 7.99. The van der Waals surface area contributed by atoms with Gasteiger partial charge in [0, 0.05) is 11.4 Å². The van der Waals surface area contributed by atoms with Crippen LogP contribution in [0.4, 0.5) is 5.69 Å². The minimum Gasteiger partial charge on any atom is -0.481 e. The number of allylic oxidation sites excluding steroid dienone is 1. The molecular formula is C17H21NO3S. The van der Waals surface area contributed by atoms with Crippen LogP contribution in [-0.4, -0.2) is 22.7 Å². The van der Waals surface area contributed by atoms with Crippen LogP contribution in [0.3, 0.4) is 0 Å². The third-order valence-corrected chi connectivity index (χ3v) is 5.00. The van der Waals surface area contributed by atoms with Crippen molar-refractivity contribution in [1.82, 2.24) is 0 Å². The van der Waals surface area contributed by atoms with Crippen LogP contribution >= 0.6 is 11.8 Å². The minimum atomic E-state index is -0.814. The molecule has 5 heteroatoms. The summed E-state index contributed by atoms with van der Waals surface area (Å²) >= 11 is 1.35. The van der Waals surface area contributed by atoms with Crippen molar-refractivity contribution in [2.75, 3.05) is 11.1 Å². The molecule has 0 spiro atoms. The monoisotopic (exact) mass is 319 g/mol. The fourth-order valence-corrected chi connectivity index (χ4v) is 3.35. The average molecular weight is 319 g/mol. The number of carboxylic acids is 1. The fourth-order valence-electron chi connectivity index (χ4n) is 2.66. The smallest absolute Gasteiger partial charge is 0.313 e. The second-order valence-electron chi connectivity index (χ2n) is 5.67. The number of amides is 1. The van der Waals surface area contributed by atoms with Crippen LogP contribution in [0.15, 0.2) is 36.9 Å². The van der Waals surface area contributed by atoms with Gasteiger partial charge in [0.2, 0.25) is 5.91 Å². The topological polar surface area (TPSA) is 66.4 Å². The Morgan fingerprint density at radius 1 is 1.41 bits per heavy atom. The van der Waals surface area contributed by atoms with Gasteiger partial charge in [0.05, 0.1) is 11.2 Å². The molecule has 1 aliphatic carbocycles. The summed E-state index contributed by atoms with van der Waals surface area (Å²) in [5, 5.41) is 11.6. The SMILES string of the molecule is C=CCC1(C(=O)Nc2cccc(CSCC(=O)O)c2)CCC1. The van der Waals surface area contributed by atoms with E-state index in [1.54, 1.807) is 0 Å². The lowest BCUT2D eigenvalue weighted by molar-refractivity contribution is -0.134. The molecule has 0 bridgehead atoms. The van der Waals surface area contributed by atoms with Gasteiger partial charge >= 0.3 is 5.97 Å². The summed E-state index contributed by atoms with van der Waals surface area (Å²) < 4.78 is 0. The quantitative estimate of drug-likeness (QED) is 0.717. The number of benzene rings is 1. The van der Waals surface area contributed by atoms with Gasteiger partial charge in [-0.25, -0.2) is 0 Å². The average Bonchev–Trinajstić information content (AvgIpc) is 2.42. The molecule has 1 aromatic rings. The first-order chi connectivity index (χ1) is 10.6. The van der Waals surface area contributed by atoms with Crippen molar-refractivity contribution in [1.29, 1.82) is 0 Å². The molecule has 2 N–H and O–H groups in total. The Morgan fingerprint density at radius 2 is 2.18 bits per heavy atom. The van der Waals surface area contributed by atoms with Crippen LogP contribution < -0.4 is 5.32 Å². The molecule has 2 rings (SSSR count). The summed E-state index contributed by atoms with van der Waals surface area (Å²) in [5.74, 6) is -0.0490. The number of nitrogens with one attached hydrogen (secondary N) is 1. The third-order valence-electron chi connectivity index (χ3n) is 4.01. The Kier molecular flexibility index (Phi) is 5.66. The van der Waals surface area contributed by atoms with Gasteiger partial charge in [-0.2, -0.15) is 0 Å². The van der Waals surface area contributed by atoms with E-state index in [2.05, 4.69) is 11.9 Å². The molecule has 118 valence electrons. The zero-order chi connectivity index (χ0) is 16.0. The summed E-state index contributed by atoms with van der Waals surface area (Å²) in [6.45, 7) is 3.75. The molecule has 0 unspecified atom stereocenters. The Hall–Kier alpha value is -1.75. The summed E-state index contributed by atoms with van der Waals surface area (Å²) in [5.41, 5.74) is 1.50. The molecule has 1 aliphatic rings. The maximum absolute atomic E-state index is 12.5. The van der Waals surface area contributed by atoms with Crippen molar-refractivity contribution in [3.63, 3.8) is 0 Å². The number of aliphatic carboxylic acids is 1. The van der Waals surface area contributed by atoms with Crippen molar-refractivity contribution < 1.29 is 14.7 Å². The molecule has 0 radical (unpaired) electrons. The molecule has 22 heavy (non-hydrogen) atoms. The van der Waals surface area contributed by atoms with E-state index in [0.717, 1.165) is 30.5 Å². The number of hydrogen-bond donors (Lipinski definition) is 2. The highest BCUT2D eigenvalue weighted by Gasteiger charge is 2.42. The van der Waals surface area contributed by atoms with Gasteiger partial charge in [-0.1, -0.05) is 24.6 Å². The van der Waals surface area contributed by atoms with Gasteiger partial charge in [-0.15, -0.1) is 18.3 Å². The maximum atomic E-state index is 12.5. The van der Waals surface area contributed by atoms with E-state index >= 15 is 0 Å². The third kappa shape index (κ3) is 4.13. The number of carbonyl (C=O) groups is 2. The Bertz CT molecular complexity index is 567. The van der Waals surface area contributed by atoms with Gasteiger partial charge in [0.1, 0.15) is 0 Å². The molecule has 1 aromatic carbocycles. The maximum Gasteiger partial charge on any atom is 0.313 e. The number of carboxylic acid groups (broad SMARTS) is 1. The van der Waals surface area contributed by atoms with E-state index < -0.39 is 5.97 Å². The van der Waals surface area contributed by atoms with Crippen LogP contribution in [0.2, 0.25) is 0 Å². The van der Waals surface area contributed by atoms with Crippen LogP contribution in [0.1, 0.15) is 31.2 Å². The van der Waals surface area contributed by atoms with Crippen molar-refractivity contribution in [3.8, 4) is 0 Å². The van der Waals surface area contributed by atoms with Crippen LogP contribution in [0, 0.1) is 5.41 Å². The molecule has 1 fully saturated rings. The van der Waals surface area contributed by atoms with Crippen LogP contribution in [0.5, 0.6) is 0 Å². The van der Waals surface area contributed by atoms with E-state index in [0.29, 0.717) is 12.2 Å². The van der Waals surface area contributed by atoms with Gasteiger partial charge in [0.25, 0.3) is 0 Å². The molecule has 1 saturated carbocycles. The Morgan fingerprint density at radius 3 is 2.77 bits per heavy atom. The van der Waals surface area contributed by atoms with E-state index in [1.165, 1.54) is 11.8 Å². The first-order valence-electron chi connectivity index (χ1n) is 7.36. The number of anilines is 1. The zero-order valence-corrected chi connectivity index (χ0v) is 13.3. The van der Waals surface area contributed by atoms with E-state index in [9.17, 15) is 9.59 Å². The van der Waals surface area contributed by atoms with E-state index in [-0.39, 0.29) is 17.1 Å². The van der Waals surface area contributed by atoms with Gasteiger partial charge < -0.3 is 10.4 Å². The predicted octanol–water partition coefficient (Wildman–Crippen LogP) is 3.69. The fraction of sp³-hybridized carbons (Fsp3) is 0.412. The molecule has 0 saturated heterocycles. The zero-order valence-electron chi connectivity index (χ0n) is 12.5. The second kappa shape index (κ2) is 7.49. The van der Waals surface area contributed by atoms with Gasteiger partial charge in [0.15, 0.2) is 0 Å². The lowest BCUT2D eigenvalue weighted by atomic mass is 9.66. The molecule has 0 aromatic heterocycles. The number of rotatable bonds is 8. The Balaban J connectivity index is 1.96. The normalized spacial score (nSPS) is 15.6. The standard InChI is InChI=1S/C17H21NO3S/c1-2-7-17(8-4-9-17)16(21)18-14-6-3-5-13(10-14)11-22-12-15(19)20/h2-3,5-6,10H,1,4,7-9,11-12H2,(H,18,21)(H,19,20). The summed E-state index contributed by atoms with van der Waals surface area (Å²) in [6, 6.07) is 7.59. The minimum absolute atomic E-state index is 0.0639. The molecule has 1 amide bonds. The summed E-state index contributed by atoms with van der Waals surface area (Å²) in [6.07, 6.45) is 5.45. The second-order valence-corrected chi connectivity index (χ2v) is 6.65. The molecule has 0 aliphatic heterocycles. The molecule has 0 atom stereocenters. The summed E-state index contributed by atoms with van der Waals surface area (Å²) in [7, 11) is 0. The number of carbonyl (C=O) groups excluding carboxylic acids is 1. The predicted molar refractivity (Wildman–Crippen MR) is 90.0 cm³/mol. The Labute approximate surface area is 135 Å². The summed E-state index contributed by atoms with van der Waals surface area (Å²) in [4.78, 5) is 23.0. The van der Waals surface area contributed by atoms with Gasteiger partial charge in [-0.05, 0) is 37.0 Å². The van der Waals surface area contributed by atoms with Crippen molar-refractivity contribution in [2.24, 2.45) is 5.41 Å². The van der Waals surface area contributed by atoms with Crippen LogP contribution in [-0.2, 0) is 15.3 Å². The van der Waals surface area contributed by atoms with Crippen molar-refractivity contribution >= 4 is 29.3 Å². The largest absolute Gasteiger partial charge is 0.481 e. The lowest BCUT2D eigenvalue weighted by Gasteiger charge is -2.39. The van der Waals surface area contributed by atoms with Gasteiger partial charge in [-0.3, -0.25) is 9.59 Å². The molecule has 0 heterocycles. The van der Waals surface area contributed by atoms with Crippen molar-refractivity contribution in [2.45, 2.75) is 31.4 Å². The number of hydrogen-bond acceptors (Lipinski definition) is 3. The highest BCUT2D eigenvalue weighted by Crippen LogP contribution is 2.45.